The second kappa shape index (κ2) is 17.8. The summed E-state index contributed by atoms with van der Waals surface area (Å²) in [5, 5.41) is 8.83. The van der Waals surface area contributed by atoms with Crippen LogP contribution in [0.2, 0.25) is 0 Å². The first kappa shape index (κ1) is 38.1. The zero-order valence-electron chi connectivity index (χ0n) is 28.7. The number of likely N-dealkylation sites (tertiary alicyclic amines) is 1. The number of carbonyl (C=O) groups excluding carboxylic acids is 3. The Kier molecular flexibility index (Phi) is 13.1. The molecule has 52 heavy (non-hydrogen) atoms. The van der Waals surface area contributed by atoms with Crippen LogP contribution in [0.4, 0.5) is 5.69 Å². The second-order valence-corrected chi connectivity index (χ2v) is 14.1. The second-order valence-electron chi connectivity index (χ2n) is 12.2. The van der Waals surface area contributed by atoms with E-state index in [0.29, 0.717) is 11.3 Å². The van der Waals surface area contributed by atoms with Gasteiger partial charge in [0.25, 0.3) is 5.91 Å². The minimum atomic E-state index is -2.12. The molecule has 0 aliphatic carbocycles. The van der Waals surface area contributed by atoms with Gasteiger partial charge in [0, 0.05) is 12.6 Å². The van der Waals surface area contributed by atoms with Crippen LogP contribution < -0.4 is 4.90 Å². The van der Waals surface area contributed by atoms with Gasteiger partial charge >= 0.3 is 5.97 Å². The van der Waals surface area contributed by atoms with Crippen LogP contribution >= 0.6 is 10.7 Å². The molecule has 5 aromatic rings. The summed E-state index contributed by atoms with van der Waals surface area (Å²) in [6, 6.07) is 43.9. The third-order valence-corrected chi connectivity index (χ3v) is 9.94. The highest BCUT2D eigenvalue weighted by atomic mass is 35.7. The first-order valence-corrected chi connectivity index (χ1v) is 18.6. The van der Waals surface area contributed by atoms with Crippen LogP contribution in [-0.4, -0.2) is 49.8 Å². The number of nitrogens with zero attached hydrogens (tertiary/aromatic N) is 2. The van der Waals surface area contributed by atoms with E-state index in [1.54, 1.807) is 37.3 Å². The van der Waals surface area contributed by atoms with Gasteiger partial charge in [0.1, 0.15) is 6.10 Å². The van der Waals surface area contributed by atoms with E-state index in [4.69, 9.17) is 15.4 Å². The van der Waals surface area contributed by atoms with E-state index < -0.39 is 57.8 Å². The summed E-state index contributed by atoms with van der Waals surface area (Å²) in [5.41, 5.74) is 4.10. The Morgan fingerprint density at radius 1 is 0.750 bits per heavy atom. The van der Waals surface area contributed by atoms with Crippen LogP contribution in [0.3, 0.4) is 0 Å². The summed E-state index contributed by atoms with van der Waals surface area (Å²) >= 11 is 0. The molecule has 1 aliphatic rings. The lowest BCUT2D eigenvalue weighted by Crippen LogP contribution is -2.76. The molecule has 0 bridgehead atoms. The summed E-state index contributed by atoms with van der Waals surface area (Å²) < 4.78 is 18.7. The number of hydrogen-bond donors (Lipinski definition) is 1. The van der Waals surface area contributed by atoms with Crippen LogP contribution in [0.5, 0.6) is 0 Å². The number of anilines is 1. The largest absolute Gasteiger partial charge is 0.597 e. The number of amides is 2. The molecule has 10 heteroatoms. The quantitative estimate of drug-likeness (QED) is 0.0651. The van der Waals surface area contributed by atoms with Gasteiger partial charge in [0.2, 0.25) is 11.3 Å². The first-order chi connectivity index (χ1) is 25.1. The molecule has 1 saturated heterocycles. The fourth-order valence-electron chi connectivity index (χ4n) is 6.08. The molecular weight excluding hydrogens is 696 g/mol. The Morgan fingerprint density at radius 2 is 1.13 bits per heavy atom. The van der Waals surface area contributed by atoms with E-state index in [1.165, 1.54) is 11.8 Å². The molecule has 1 heterocycles. The van der Waals surface area contributed by atoms with Crippen molar-refractivity contribution in [3.8, 4) is 0 Å². The Bertz CT molecular complexity index is 1860. The van der Waals surface area contributed by atoms with E-state index in [2.05, 4.69) is 6.58 Å². The number of rotatable bonds is 11. The van der Waals surface area contributed by atoms with Crippen LogP contribution in [0.1, 0.15) is 48.3 Å². The number of esters is 1. The average Bonchev–Trinajstić information content (AvgIpc) is 3.17. The molecule has 1 fully saturated rings. The van der Waals surface area contributed by atoms with Crippen molar-refractivity contribution in [2.75, 3.05) is 4.90 Å². The monoisotopic (exact) mass is 734 g/mol. The molecule has 1 aliphatic heterocycles. The van der Waals surface area contributed by atoms with Gasteiger partial charge in [0.15, 0.2) is 28.9 Å². The number of hydrogen-bond acceptors (Lipinski definition) is 6. The standard InChI is InChI=1S/C29H27ClN2O5S.C13H12O/c1-19(2)24(29(35)37-26(21-13-7-4-8-14-21)22-15-9-5-10-16-22)32-27(34)25(28(32)38(30)36)31(20(3)33)23-17-11-6-12-18-23;14-13(11-7-3-1-4-8-11)12-9-5-2-6-10-12/h4-18,24-26,28H,1H2,2-3H3;1-10,13-14H. The van der Waals surface area contributed by atoms with Gasteiger partial charge in [-0.1, -0.05) is 146 Å². The van der Waals surface area contributed by atoms with Crippen molar-refractivity contribution in [2.45, 2.75) is 43.5 Å². The van der Waals surface area contributed by atoms with Crippen molar-refractivity contribution in [1.29, 1.82) is 0 Å². The molecule has 0 saturated carbocycles. The number of β-lactam (4-membered cyclic amide) rings is 1. The molecule has 0 radical (unpaired) electrons. The minimum absolute atomic E-state index is 0.308. The van der Waals surface area contributed by atoms with Crippen LogP contribution in [0, 0.1) is 0 Å². The fourth-order valence-corrected chi connectivity index (χ4v) is 7.47. The molecule has 2 amide bonds. The number of aliphatic hydroxyl groups excluding tert-OH is 1. The third-order valence-electron chi connectivity index (χ3n) is 8.53. The molecule has 266 valence electrons. The van der Waals surface area contributed by atoms with E-state index in [-0.39, 0.29) is 0 Å². The lowest BCUT2D eigenvalue weighted by atomic mass is 9.97. The minimum Gasteiger partial charge on any atom is -0.597 e. The molecule has 5 aromatic carbocycles. The maximum atomic E-state index is 13.7. The predicted octanol–water partition coefficient (Wildman–Crippen LogP) is 7.52. The highest BCUT2D eigenvalue weighted by Crippen LogP contribution is 2.38. The van der Waals surface area contributed by atoms with Gasteiger partial charge in [-0.05, 0) is 46.9 Å². The molecular formula is C42H39ClN2O6S. The summed E-state index contributed by atoms with van der Waals surface area (Å²) in [7, 11) is 3.96. The molecule has 8 nitrogen and oxygen atoms in total. The zero-order valence-corrected chi connectivity index (χ0v) is 30.3. The molecule has 4 atom stereocenters. The van der Waals surface area contributed by atoms with Crippen molar-refractivity contribution in [3.05, 3.63) is 186 Å². The fraction of sp³-hybridized carbons (Fsp3) is 0.167. The maximum absolute atomic E-state index is 13.7. The van der Waals surface area contributed by atoms with Gasteiger partial charge in [0.05, 0.1) is 10.4 Å². The van der Waals surface area contributed by atoms with Gasteiger partial charge in [-0.15, -0.1) is 0 Å². The van der Waals surface area contributed by atoms with Crippen molar-refractivity contribution in [2.24, 2.45) is 0 Å². The Labute approximate surface area is 311 Å². The molecule has 0 spiro atoms. The number of para-hydroxylation sites is 1. The zero-order chi connectivity index (χ0) is 37.2. The number of carbonyl (C=O) groups is 3. The molecule has 4 unspecified atom stereocenters. The third kappa shape index (κ3) is 8.81. The van der Waals surface area contributed by atoms with Crippen molar-refractivity contribution in [1.82, 2.24) is 4.90 Å². The van der Waals surface area contributed by atoms with Crippen molar-refractivity contribution in [3.63, 3.8) is 0 Å². The van der Waals surface area contributed by atoms with Gasteiger partial charge < -0.3 is 14.4 Å². The van der Waals surface area contributed by atoms with Crippen LogP contribution in [0.15, 0.2) is 164 Å². The summed E-state index contributed by atoms with van der Waals surface area (Å²) in [6.45, 7) is 6.80. The highest BCUT2D eigenvalue weighted by molar-refractivity contribution is 8.14. The van der Waals surface area contributed by atoms with Gasteiger partial charge in [-0.3, -0.25) is 19.4 Å². The summed E-state index contributed by atoms with van der Waals surface area (Å²) in [5.74, 6) is -1.75. The molecule has 0 aromatic heterocycles. The lowest BCUT2D eigenvalue weighted by molar-refractivity contribution is -0.164. The number of halogens is 1. The Hall–Kier alpha value is -5.19. The Morgan fingerprint density at radius 3 is 1.50 bits per heavy atom. The topological polar surface area (TPSA) is 110 Å². The van der Waals surface area contributed by atoms with E-state index in [9.17, 15) is 24.0 Å². The smallest absolute Gasteiger partial charge is 0.334 e. The van der Waals surface area contributed by atoms with Crippen LogP contribution in [-0.2, 0) is 29.5 Å². The first-order valence-electron chi connectivity index (χ1n) is 16.6. The lowest BCUT2D eigenvalue weighted by Gasteiger charge is -2.50. The predicted molar refractivity (Wildman–Crippen MR) is 204 cm³/mol. The molecule has 1 N–H and O–H groups in total. The number of aliphatic hydroxyl groups is 1. The maximum Gasteiger partial charge on any atom is 0.334 e. The van der Waals surface area contributed by atoms with Gasteiger partial charge in [-0.2, -0.15) is 0 Å². The van der Waals surface area contributed by atoms with Crippen LogP contribution in [0.25, 0.3) is 0 Å². The van der Waals surface area contributed by atoms with E-state index in [1.807, 2.05) is 121 Å². The SMILES string of the molecule is C=C(C)C(C(=O)OC(c1ccccc1)c1ccccc1)N1C(=O)C(N(C(C)=O)c2ccccc2)C1[S+]([O-])Cl.OC(c1ccccc1)c1ccccc1. The average molecular weight is 735 g/mol. The molecule has 6 rings (SSSR count). The van der Waals surface area contributed by atoms with E-state index in [0.717, 1.165) is 27.2 Å². The number of benzene rings is 5. The van der Waals surface area contributed by atoms with Gasteiger partial charge in [-0.25, -0.2) is 4.79 Å². The summed E-state index contributed by atoms with van der Waals surface area (Å²) in [4.78, 5) is 42.2. The summed E-state index contributed by atoms with van der Waals surface area (Å²) in [6.07, 6.45) is -1.27. The normalized spacial score (nSPS) is 16.2. The number of ether oxygens (including phenoxy) is 1. The highest BCUT2D eigenvalue weighted by Gasteiger charge is 2.62. The van der Waals surface area contributed by atoms with Crippen molar-refractivity contribution >= 4 is 44.5 Å². The van der Waals surface area contributed by atoms with Crippen molar-refractivity contribution < 1.29 is 28.8 Å². The Balaban J connectivity index is 0.000000310. The van der Waals surface area contributed by atoms with E-state index >= 15 is 0 Å².